The van der Waals surface area contributed by atoms with Crippen molar-refractivity contribution in [3.8, 4) is 0 Å². The highest BCUT2D eigenvalue weighted by Gasteiger charge is 2.47. The standard InChI is InChI=1S/C11H21N3O.3C2HF3O2/c1(13-3-5-15-6-4-13)2-14-9-11(10-14)7-12-8-11;3*3-2(4,5)1(6)7/h12H,1-10H2;3*(H,6,7). The van der Waals surface area contributed by atoms with Crippen molar-refractivity contribution in [2.45, 2.75) is 18.5 Å². The lowest BCUT2D eigenvalue weighted by atomic mass is 9.74. The van der Waals surface area contributed by atoms with Crippen molar-refractivity contribution in [1.29, 1.82) is 0 Å². The number of aliphatic carboxylic acids is 3. The fourth-order valence-electron chi connectivity index (χ4n) is 2.87. The Morgan fingerprint density at radius 2 is 1.00 bits per heavy atom. The second-order valence-corrected chi connectivity index (χ2v) is 7.68. The number of carbonyl (C=O) groups is 3. The first kappa shape index (κ1) is 33.6. The number of hydrogen-bond acceptors (Lipinski definition) is 7. The van der Waals surface area contributed by atoms with Crippen molar-refractivity contribution in [3.63, 3.8) is 0 Å². The van der Waals surface area contributed by atoms with Gasteiger partial charge in [0.25, 0.3) is 0 Å². The molecular formula is C17H24F9N3O7. The summed E-state index contributed by atoms with van der Waals surface area (Å²) in [6.07, 6.45) is -15.3. The van der Waals surface area contributed by atoms with Gasteiger partial charge in [-0.1, -0.05) is 0 Å². The van der Waals surface area contributed by atoms with Crippen molar-refractivity contribution in [2.75, 3.05) is 65.6 Å². The highest BCUT2D eigenvalue weighted by molar-refractivity contribution is 5.73. The molecule has 36 heavy (non-hydrogen) atoms. The molecule has 19 heteroatoms. The second-order valence-electron chi connectivity index (χ2n) is 7.68. The normalized spacial score (nSPS) is 19.6. The van der Waals surface area contributed by atoms with Gasteiger partial charge in [0.2, 0.25) is 0 Å². The number of likely N-dealkylation sites (tertiary alicyclic amines) is 1. The van der Waals surface area contributed by atoms with Crippen LogP contribution in [0.25, 0.3) is 0 Å². The van der Waals surface area contributed by atoms with Gasteiger partial charge in [-0.15, -0.1) is 0 Å². The summed E-state index contributed by atoms with van der Waals surface area (Å²) in [6.45, 7) is 11.7. The van der Waals surface area contributed by atoms with E-state index in [2.05, 4.69) is 15.1 Å². The predicted molar refractivity (Wildman–Crippen MR) is 100 cm³/mol. The highest BCUT2D eigenvalue weighted by Crippen LogP contribution is 2.33. The summed E-state index contributed by atoms with van der Waals surface area (Å²) >= 11 is 0. The molecule has 0 amide bonds. The van der Waals surface area contributed by atoms with E-state index < -0.39 is 36.4 Å². The maximum Gasteiger partial charge on any atom is 0.490 e. The molecule has 1 spiro atoms. The summed E-state index contributed by atoms with van der Waals surface area (Å²) in [5, 5.41) is 24.8. The van der Waals surface area contributed by atoms with Crippen LogP contribution in [0.3, 0.4) is 0 Å². The Morgan fingerprint density at radius 3 is 1.25 bits per heavy atom. The summed E-state index contributed by atoms with van der Waals surface area (Å²) in [4.78, 5) is 31.8. The first-order valence-electron chi connectivity index (χ1n) is 9.83. The maximum absolute atomic E-state index is 10.6. The molecule has 0 aromatic carbocycles. The molecule has 0 aromatic rings. The maximum atomic E-state index is 10.6. The fourth-order valence-corrected chi connectivity index (χ4v) is 2.87. The van der Waals surface area contributed by atoms with Crippen LogP contribution in [-0.4, -0.2) is 127 Å². The lowest BCUT2D eigenvalue weighted by Gasteiger charge is -2.56. The quantitative estimate of drug-likeness (QED) is 0.376. The molecule has 3 saturated heterocycles. The van der Waals surface area contributed by atoms with Gasteiger partial charge in [-0.2, -0.15) is 39.5 Å². The molecular weight excluding hydrogens is 529 g/mol. The van der Waals surface area contributed by atoms with E-state index in [0.717, 1.165) is 26.3 Å². The number of morpholine rings is 1. The van der Waals surface area contributed by atoms with E-state index >= 15 is 0 Å². The summed E-state index contributed by atoms with van der Waals surface area (Å²) in [7, 11) is 0. The number of halogens is 9. The van der Waals surface area contributed by atoms with Crippen LogP contribution in [-0.2, 0) is 19.1 Å². The Labute approximate surface area is 197 Å². The number of rotatable bonds is 3. The van der Waals surface area contributed by atoms with E-state index in [-0.39, 0.29) is 0 Å². The molecule has 0 aromatic heterocycles. The van der Waals surface area contributed by atoms with E-state index in [4.69, 9.17) is 34.4 Å². The second kappa shape index (κ2) is 13.8. The van der Waals surface area contributed by atoms with Gasteiger partial charge in [0, 0.05) is 57.8 Å². The smallest absolute Gasteiger partial charge is 0.475 e. The number of alkyl halides is 9. The van der Waals surface area contributed by atoms with Gasteiger partial charge in [-0.25, -0.2) is 14.4 Å². The van der Waals surface area contributed by atoms with E-state index in [0.29, 0.717) is 5.41 Å². The average molecular weight is 553 g/mol. The van der Waals surface area contributed by atoms with E-state index in [9.17, 15) is 39.5 Å². The molecule has 0 aliphatic carbocycles. The minimum Gasteiger partial charge on any atom is -0.475 e. The summed E-state index contributed by atoms with van der Waals surface area (Å²) < 4.78 is 101. The summed E-state index contributed by atoms with van der Waals surface area (Å²) in [5.41, 5.74) is 0.686. The molecule has 3 heterocycles. The van der Waals surface area contributed by atoms with Gasteiger partial charge < -0.3 is 30.3 Å². The van der Waals surface area contributed by atoms with Gasteiger partial charge in [0.1, 0.15) is 0 Å². The van der Waals surface area contributed by atoms with Crippen LogP contribution < -0.4 is 5.32 Å². The molecule has 0 saturated carbocycles. The monoisotopic (exact) mass is 553 g/mol. The Hall–Kier alpha value is -2.38. The van der Waals surface area contributed by atoms with Gasteiger partial charge in [0.05, 0.1) is 13.2 Å². The molecule has 0 bridgehead atoms. The lowest BCUT2D eigenvalue weighted by molar-refractivity contribution is -0.193. The SMILES string of the molecule is C1CN(CCN2CC3(CNC3)C2)CCO1.O=C(O)C(F)(F)F.O=C(O)C(F)(F)F.O=C(O)C(F)(F)F. The van der Waals surface area contributed by atoms with Crippen LogP contribution in [0, 0.1) is 5.41 Å². The lowest BCUT2D eigenvalue weighted by Crippen LogP contribution is -2.71. The first-order valence-corrected chi connectivity index (χ1v) is 9.83. The van der Waals surface area contributed by atoms with Crippen LogP contribution in [0.2, 0.25) is 0 Å². The molecule has 212 valence electrons. The van der Waals surface area contributed by atoms with Crippen LogP contribution in [0.4, 0.5) is 39.5 Å². The van der Waals surface area contributed by atoms with E-state index in [1.54, 1.807) is 0 Å². The number of nitrogens with zero attached hydrogens (tertiary/aromatic N) is 2. The zero-order valence-corrected chi connectivity index (χ0v) is 18.3. The fraction of sp³-hybridized carbons (Fsp3) is 0.824. The molecule has 0 atom stereocenters. The number of carboxylic acid groups (broad SMARTS) is 3. The Balaban J connectivity index is 0.000000501. The molecule has 3 aliphatic rings. The number of ether oxygens (including phenoxy) is 1. The molecule has 10 nitrogen and oxygen atoms in total. The molecule has 0 radical (unpaired) electrons. The molecule has 4 N–H and O–H groups in total. The van der Waals surface area contributed by atoms with Gasteiger partial charge in [-0.3, -0.25) is 4.90 Å². The third kappa shape index (κ3) is 13.6. The minimum absolute atomic E-state index is 0.686. The van der Waals surface area contributed by atoms with E-state index in [1.807, 2.05) is 0 Å². The van der Waals surface area contributed by atoms with Crippen LogP contribution >= 0.6 is 0 Å². The van der Waals surface area contributed by atoms with Crippen molar-refractivity contribution < 1.29 is 74.0 Å². The minimum atomic E-state index is -5.08. The summed E-state index contributed by atoms with van der Waals surface area (Å²) in [5.74, 6) is -8.27. The zero-order valence-electron chi connectivity index (χ0n) is 18.3. The topological polar surface area (TPSA) is 140 Å². The predicted octanol–water partition coefficient (Wildman–Crippen LogP) is 1.12. The largest absolute Gasteiger partial charge is 0.490 e. The van der Waals surface area contributed by atoms with E-state index in [1.165, 1.54) is 39.3 Å². The molecule has 3 fully saturated rings. The van der Waals surface area contributed by atoms with Crippen LogP contribution in [0.5, 0.6) is 0 Å². The van der Waals surface area contributed by atoms with Crippen LogP contribution in [0.1, 0.15) is 0 Å². The molecule has 3 aliphatic heterocycles. The first-order chi connectivity index (χ1) is 16.2. The third-order valence-electron chi connectivity index (χ3n) is 4.68. The molecule has 3 rings (SSSR count). The van der Waals surface area contributed by atoms with Crippen molar-refractivity contribution in [2.24, 2.45) is 5.41 Å². The Bertz CT molecular complexity index is 655. The number of carboxylic acids is 3. The Morgan fingerprint density at radius 1 is 0.694 bits per heavy atom. The van der Waals surface area contributed by atoms with Crippen molar-refractivity contribution >= 4 is 17.9 Å². The van der Waals surface area contributed by atoms with Crippen molar-refractivity contribution in [1.82, 2.24) is 15.1 Å². The average Bonchev–Trinajstić information content (AvgIpc) is 2.65. The summed E-state index contributed by atoms with van der Waals surface area (Å²) in [6, 6.07) is 0. The molecule has 0 unspecified atom stereocenters. The number of nitrogens with one attached hydrogen (secondary N) is 1. The van der Waals surface area contributed by atoms with Crippen molar-refractivity contribution in [3.05, 3.63) is 0 Å². The Kier molecular flexibility index (Phi) is 12.9. The number of hydrogen-bond donors (Lipinski definition) is 4. The third-order valence-corrected chi connectivity index (χ3v) is 4.68. The highest BCUT2D eigenvalue weighted by atomic mass is 19.4. The zero-order chi connectivity index (χ0) is 28.4. The van der Waals surface area contributed by atoms with Gasteiger partial charge in [-0.05, 0) is 0 Å². The van der Waals surface area contributed by atoms with Gasteiger partial charge in [0.15, 0.2) is 0 Å². The van der Waals surface area contributed by atoms with Gasteiger partial charge >= 0.3 is 36.4 Å². The van der Waals surface area contributed by atoms with Crippen LogP contribution in [0.15, 0.2) is 0 Å².